The van der Waals surface area contributed by atoms with Gasteiger partial charge in [-0.05, 0) is 32.4 Å². The second-order valence-electron chi connectivity index (χ2n) is 6.57. The van der Waals surface area contributed by atoms with Gasteiger partial charge in [0.05, 0.1) is 0 Å². The predicted molar refractivity (Wildman–Crippen MR) is 83.7 cm³/mol. The maximum absolute atomic E-state index is 6.38. The highest BCUT2D eigenvalue weighted by molar-refractivity contribution is 5.73. The summed E-state index contributed by atoms with van der Waals surface area (Å²) in [5, 5.41) is 0. The Bertz CT molecular complexity index is 618. The van der Waals surface area contributed by atoms with Crippen molar-refractivity contribution in [3.8, 4) is 11.3 Å². The maximum atomic E-state index is 6.38. The molecule has 20 heavy (non-hydrogen) atoms. The number of aromatic nitrogens is 3. The van der Waals surface area contributed by atoms with E-state index in [-0.39, 0.29) is 11.5 Å². The van der Waals surface area contributed by atoms with Crippen molar-refractivity contribution in [1.29, 1.82) is 0 Å². The Kier molecular flexibility index (Phi) is 3.59. The van der Waals surface area contributed by atoms with E-state index in [2.05, 4.69) is 51.1 Å². The molecule has 0 atom stereocenters. The molecular weight excluding hydrogens is 248 g/mol. The third-order valence-electron chi connectivity index (χ3n) is 3.43. The van der Waals surface area contributed by atoms with Gasteiger partial charge in [-0.1, -0.05) is 20.8 Å². The fraction of sp³-hybridized carbons (Fsp3) is 0.500. The lowest BCUT2D eigenvalue weighted by molar-refractivity contribution is 0.473. The standard InChI is InChI=1S/C16H24N4/c1-10(2)20-14(17)13(19-15(20)16(4,5)6)12-9-18-8-7-11(12)3/h7-10H,17H2,1-6H3. The fourth-order valence-electron chi connectivity index (χ4n) is 2.41. The molecule has 2 aromatic rings. The molecule has 0 saturated carbocycles. The molecule has 0 spiro atoms. The van der Waals surface area contributed by atoms with Crippen molar-refractivity contribution in [2.24, 2.45) is 0 Å². The molecule has 0 aromatic carbocycles. The minimum atomic E-state index is -0.0489. The smallest absolute Gasteiger partial charge is 0.132 e. The summed E-state index contributed by atoms with van der Waals surface area (Å²) in [5.41, 5.74) is 9.32. The van der Waals surface area contributed by atoms with Gasteiger partial charge in [-0.25, -0.2) is 4.98 Å². The van der Waals surface area contributed by atoms with Crippen molar-refractivity contribution in [2.45, 2.75) is 53.0 Å². The van der Waals surface area contributed by atoms with Gasteiger partial charge in [0, 0.05) is 29.4 Å². The van der Waals surface area contributed by atoms with Gasteiger partial charge in [0.15, 0.2) is 0 Å². The number of aryl methyl sites for hydroxylation is 1. The number of hydrogen-bond acceptors (Lipinski definition) is 3. The summed E-state index contributed by atoms with van der Waals surface area (Å²) in [6.45, 7) is 12.8. The quantitative estimate of drug-likeness (QED) is 0.906. The highest BCUT2D eigenvalue weighted by atomic mass is 15.2. The summed E-state index contributed by atoms with van der Waals surface area (Å²) in [5.74, 6) is 1.74. The summed E-state index contributed by atoms with van der Waals surface area (Å²) in [6, 6.07) is 2.27. The Morgan fingerprint density at radius 3 is 2.35 bits per heavy atom. The Morgan fingerprint density at radius 2 is 1.90 bits per heavy atom. The second kappa shape index (κ2) is 4.93. The number of nitrogens with two attached hydrogens (primary N) is 1. The number of pyridine rings is 1. The summed E-state index contributed by atoms with van der Waals surface area (Å²) in [6.07, 6.45) is 3.63. The molecule has 0 fully saturated rings. The first-order valence-electron chi connectivity index (χ1n) is 7.02. The average molecular weight is 272 g/mol. The molecule has 0 saturated heterocycles. The average Bonchev–Trinajstić information content (AvgIpc) is 2.67. The summed E-state index contributed by atoms with van der Waals surface area (Å²) < 4.78 is 2.13. The number of rotatable bonds is 2. The second-order valence-corrected chi connectivity index (χ2v) is 6.57. The van der Waals surface area contributed by atoms with E-state index in [1.54, 1.807) is 6.20 Å². The molecule has 0 aliphatic carbocycles. The van der Waals surface area contributed by atoms with Crippen molar-refractivity contribution in [3.63, 3.8) is 0 Å². The molecule has 108 valence electrons. The third kappa shape index (κ3) is 2.42. The number of imidazole rings is 1. The molecule has 2 heterocycles. The van der Waals surface area contributed by atoms with Crippen LogP contribution in [-0.4, -0.2) is 14.5 Å². The van der Waals surface area contributed by atoms with Crippen molar-refractivity contribution >= 4 is 5.82 Å². The molecule has 0 amide bonds. The molecule has 0 aliphatic heterocycles. The zero-order valence-corrected chi connectivity index (χ0v) is 13.2. The van der Waals surface area contributed by atoms with Crippen LogP contribution in [0.15, 0.2) is 18.5 Å². The first kappa shape index (κ1) is 14.6. The molecule has 0 radical (unpaired) electrons. The largest absolute Gasteiger partial charge is 0.383 e. The van der Waals surface area contributed by atoms with Gasteiger partial charge in [0.25, 0.3) is 0 Å². The van der Waals surface area contributed by atoms with Crippen LogP contribution >= 0.6 is 0 Å². The van der Waals surface area contributed by atoms with E-state index in [4.69, 9.17) is 10.7 Å². The van der Waals surface area contributed by atoms with Crippen LogP contribution in [0.2, 0.25) is 0 Å². The summed E-state index contributed by atoms with van der Waals surface area (Å²) in [7, 11) is 0. The lowest BCUT2D eigenvalue weighted by Gasteiger charge is -2.22. The maximum Gasteiger partial charge on any atom is 0.132 e. The minimum absolute atomic E-state index is 0.0489. The minimum Gasteiger partial charge on any atom is -0.383 e. The molecule has 4 nitrogen and oxygen atoms in total. The van der Waals surface area contributed by atoms with Crippen LogP contribution in [0.25, 0.3) is 11.3 Å². The van der Waals surface area contributed by atoms with Crippen molar-refractivity contribution in [2.75, 3.05) is 5.73 Å². The van der Waals surface area contributed by atoms with Crippen LogP contribution in [0, 0.1) is 6.92 Å². The van der Waals surface area contributed by atoms with Gasteiger partial charge >= 0.3 is 0 Å². The summed E-state index contributed by atoms with van der Waals surface area (Å²) >= 11 is 0. The van der Waals surface area contributed by atoms with Gasteiger partial charge in [-0.3, -0.25) is 4.98 Å². The highest BCUT2D eigenvalue weighted by Gasteiger charge is 2.27. The number of nitrogens with zero attached hydrogens (tertiary/aromatic N) is 3. The zero-order valence-electron chi connectivity index (χ0n) is 13.2. The zero-order chi connectivity index (χ0) is 15.1. The molecule has 2 aromatic heterocycles. The summed E-state index contributed by atoms with van der Waals surface area (Å²) in [4.78, 5) is 9.04. The van der Waals surface area contributed by atoms with E-state index in [0.717, 1.165) is 28.5 Å². The van der Waals surface area contributed by atoms with Crippen LogP contribution < -0.4 is 5.73 Å². The predicted octanol–water partition coefficient (Wildman–Crippen LogP) is 3.71. The van der Waals surface area contributed by atoms with E-state index >= 15 is 0 Å². The Hall–Kier alpha value is -1.84. The fourth-order valence-corrected chi connectivity index (χ4v) is 2.41. The van der Waals surface area contributed by atoms with E-state index in [1.807, 2.05) is 12.3 Å². The first-order chi connectivity index (χ1) is 9.23. The van der Waals surface area contributed by atoms with Gasteiger partial charge in [-0.2, -0.15) is 0 Å². The van der Waals surface area contributed by atoms with E-state index in [0.29, 0.717) is 0 Å². The van der Waals surface area contributed by atoms with Crippen molar-refractivity contribution in [1.82, 2.24) is 14.5 Å². The number of hydrogen-bond donors (Lipinski definition) is 1. The van der Waals surface area contributed by atoms with Crippen LogP contribution in [0.1, 0.15) is 52.0 Å². The van der Waals surface area contributed by atoms with Gasteiger partial charge < -0.3 is 10.3 Å². The lowest BCUT2D eigenvalue weighted by Crippen LogP contribution is -2.21. The lowest BCUT2D eigenvalue weighted by atomic mass is 9.95. The van der Waals surface area contributed by atoms with Crippen LogP contribution in [0.4, 0.5) is 5.82 Å². The van der Waals surface area contributed by atoms with Crippen LogP contribution in [0.5, 0.6) is 0 Å². The van der Waals surface area contributed by atoms with Gasteiger partial charge in [-0.15, -0.1) is 0 Å². The Labute approximate surface area is 121 Å². The number of anilines is 1. The molecule has 4 heteroatoms. The van der Waals surface area contributed by atoms with Crippen molar-refractivity contribution in [3.05, 3.63) is 29.8 Å². The number of nitrogen functional groups attached to an aromatic ring is 1. The monoisotopic (exact) mass is 272 g/mol. The first-order valence-corrected chi connectivity index (χ1v) is 7.02. The van der Waals surface area contributed by atoms with Crippen LogP contribution in [-0.2, 0) is 5.41 Å². The van der Waals surface area contributed by atoms with Gasteiger partial charge in [0.2, 0.25) is 0 Å². The highest BCUT2D eigenvalue weighted by Crippen LogP contribution is 2.35. The van der Waals surface area contributed by atoms with Crippen LogP contribution in [0.3, 0.4) is 0 Å². The normalized spacial score (nSPS) is 12.2. The third-order valence-corrected chi connectivity index (χ3v) is 3.43. The Morgan fingerprint density at radius 1 is 1.25 bits per heavy atom. The van der Waals surface area contributed by atoms with E-state index < -0.39 is 0 Å². The van der Waals surface area contributed by atoms with Crippen molar-refractivity contribution < 1.29 is 0 Å². The molecule has 0 aliphatic rings. The topological polar surface area (TPSA) is 56.7 Å². The van der Waals surface area contributed by atoms with E-state index in [9.17, 15) is 0 Å². The SMILES string of the molecule is Cc1ccncc1-c1nc(C(C)(C)C)n(C(C)C)c1N. The molecule has 2 rings (SSSR count). The van der Waals surface area contributed by atoms with E-state index in [1.165, 1.54) is 0 Å². The molecule has 0 bridgehead atoms. The molecular formula is C16H24N4. The molecule has 2 N–H and O–H groups in total. The molecule has 0 unspecified atom stereocenters. The van der Waals surface area contributed by atoms with Gasteiger partial charge in [0.1, 0.15) is 17.3 Å². The Balaban J connectivity index is 2.72.